The van der Waals surface area contributed by atoms with Crippen molar-refractivity contribution in [1.29, 1.82) is 0 Å². The second-order valence-electron chi connectivity index (χ2n) is 6.64. The van der Waals surface area contributed by atoms with Crippen LogP contribution >= 0.6 is 23.1 Å². The van der Waals surface area contributed by atoms with Crippen LogP contribution in [0.1, 0.15) is 33.9 Å². The Hall–Kier alpha value is -1.88. The van der Waals surface area contributed by atoms with E-state index in [0.717, 1.165) is 22.8 Å². The van der Waals surface area contributed by atoms with Gasteiger partial charge in [-0.1, -0.05) is 6.07 Å². The molecule has 0 aliphatic carbocycles. The molecule has 162 valence electrons. The number of rotatable bonds is 7. The predicted octanol–water partition coefficient (Wildman–Crippen LogP) is 3.22. The molecule has 0 spiro atoms. The molecule has 2 amide bonds. The van der Waals surface area contributed by atoms with Crippen molar-refractivity contribution in [2.45, 2.75) is 18.7 Å². The number of carbonyl (C=O) groups is 2. The van der Waals surface area contributed by atoms with E-state index in [1.807, 2.05) is 13.8 Å². The number of sulfonamides is 1. The molecule has 0 unspecified atom stereocenters. The number of amides is 2. The maximum absolute atomic E-state index is 13.0. The van der Waals surface area contributed by atoms with Gasteiger partial charge >= 0.3 is 0 Å². The smallest absolute Gasteiger partial charge is 0.267 e. The van der Waals surface area contributed by atoms with Gasteiger partial charge in [-0.2, -0.15) is 16.1 Å². The minimum Gasteiger partial charge on any atom is -0.339 e. The first kappa shape index (κ1) is 22.8. The highest BCUT2D eigenvalue weighted by atomic mass is 32.2. The lowest BCUT2D eigenvalue weighted by Gasteiger charge is -2.25. The van der Waals surface area contributed by atoms with Crippen LogP contribution in [0.2, 0.25) is 0 Å². The molecule has 0 saturated carbocycles. The number of nitrogens with zero attached hydrogens (tertiary/aromatic N) is 2. The Bertz CT molecular complexity index is 1010. The first-order valence-electron chi connectivity index (χ1n) is 9.74. The van der Waals surface area contributed by atoms with Crippen LogP contribution in [-0.4, -0.2) is 67.1 Å². The topological polar surface area (TPSA) is 86.8 Å². The maximum Gasteiger partial charge on any atom is 0.267 e. The molecule has 1 aliphatic heterocycles. The summed E-state index contributed by atoms with van der Waals surface area (Å²) in [5.41, 5.74) is 0.922. The molecule has 1 fully saturated rings. The second-order valence-corrected chi connectivity index (χ2v) is 10.7. The van der Waals surface area contributed by atoms with Gasteiger partial charge in [0.15, 0.2) is 0 Å². The Balaban J connectivity index is 1.81. The quantitative estimate of drug-likeness (QED) is 0.676. The van der Waals surface area contributed by atoms with Crippen molar-refractivity contribution in [3.63, 3.8) is 0 Å². The average Bonchev–Trinajstić information content (AvgIpc) is 3.26. The van der Waals surface area contributed by atoms with Crippen molar-refractivity contribution >= 4 is 50.6 Å². The van der Waals surface area contributed by atoms with Gasteiger partial charge in [0, 0.05) is 48.9 Å². The molecule has 1 saturated heterocycles. The number of carbonyl (C=O) groups excluding carboxylic acids is 2. The highest BCUT2D eigenvalue weighted by molar-refractivity contribution is 7.99. The van der Waals surface area contributed by atoms with Crippen molar-refractivity contribution in [3.8, 4) is 0 Å². The standard InChI is InChI=1S/C20H25N3O4S3/c1-3-22(4-2)20(25)15-6-5-7-16(14-15)21-19(24)18-17(8-11-29-18)30(26,27)23-9-12-28-13-10-23/h5-8,11,14H,3-4,9-10,12-13H2,1-2H3,(H,21,24). The third kappa shape index (κ3) is 4.88. The Labute approximate surface area is 185 Å². The highest BCUT2D eigenvalue weighted by Gasteiger charge is 2.31. The minimum atomic E-state index is -3.72. The van der Waals surface area contributed by atoms with Crippen molar-refractivity contribution in [2.75, 3.05) is 43.0 Å². The molecule has 10 heteroatoms. The zero-order chi connectivity index (χ0) is 21.7. The fourth-order valence-corrected chi connectivity index (χ4v) is 7.08. The van der Waals surface area contributed by atoms with E-state index in [4.69, 9.17) is 0 Å². The summed E-state index contributed by atoms with van der Waals surface area (Å²) in [7, 11) is -3.72. The second kappa shape index (κ2) is 9.95. The Morgan fingerprint density at radius 2 is 1.83 bits per heavy atom. The van der Waals surface area contributed by atoms with Gasteiger partial charge in [0.05, 0.1) is 0 Å². The number of hydrogen-bond acceptors (Lipinski definition) is 6. The molecule has 1 aromatic heterocycles. The zero-order valence-corrected chi connectivity index (χ0v) is 19.4. The molecule has 7 nitrogen and oxygen atoms in total. The summed E-state index contributed by atoms with van der Waals surface area (Å²) >= 11 is 2.81. The normalized spacial score (nSPS) is 15.0. The Morgan fingerprint density at radius 1 is 1.13 bits per heavy atom. The van der Waals surface area contributed by atoms with E-state index in [1.165, 1.54) is 10.4 Å². The van der Waals surface area contributed by atoms with Crippen molar-refractivity contribution in [1.82, 2.24) is 9.21 Å². The van der Waals surface area contributed by atoms with E-state index in [0.29, 0.717) is 37.4 Å². The average molecular weight is 468 g/mol. The summed E-state index contributed by atoms with van der Waals surface area (Å²) in [6, 6.07) is 8.18. The monoisotopic (exact) mass is 467 g/mol. The SMILES string of the molecule is CCN(CC)C(=O)c1cccc(NC(=O)c2sccc2S(=O)(=O)N2CCSCC2)c1. The minimum absolute atomic E-state index is 0.0345. The zero-order valence-electron chi connectivity index (χ0n) is 17.0. The van der Waals surface area contributed by atoms with Crippen LogP contribution in [-0.2, 0) is 10.0 Å². The molecule has 3 rings (SSSR count). The number of nitrogens with one attached hydrogen (secondary N) is 1. The van der Waals surface area contributed by atoms with Crippen LogP contribution in [0.4, 0.5) is 5.69 Å². The molecular formula is C20H25N3O4S3. The van der Waals surface area contributed by atoms with Crippen molar-refractivity contribution < 1.29 is 18.0 Å². The molecule has 1 N–H and O–H groups in total. The fourth-order valence-electron chi connectivity index (χ4n) is 3.20. The van der Waals surface area contributed by atoms with Gasteiger partial charge in [0.2, 0.25) is 10.0 Å². The number of thiophene rings is 1. The van der Waals surface area contributed by atoms with Gasteiger partial charge in [-0.25, -0.2) is 8.42 Å². The number of benzene rings is 1. The lowest BCUT2D eigenvalue weighted by Crippen LogP contribution is -2.38. The van der Waals surface area contributed by atoms with E-state index in [1.54, 1.807) is 46.3 Å². The Morgan fingerprint density at radius 3 is 2.50 bits per heavy atom. The van der Waals surface area contributed by atoms with Gasteiger partial charge in [-0.3, -0.25) is 9.59 Å². The summed E-state index contributed by atoms with van der Waals surface area (Å²) < 4.78 is 27.4. The van der Waals surface area contributed by atoms with Crippen LogP contribution in [0, 0.1) is 0 Å². The maximum atomic E-state index is 13.0. The fraction of sp³-hybridized carbons (Fsp3) is 0.400. The number of thioether (sulfide) groups is 1. The molecule has 2 aromatic rings. The molecular weight excluding hydrogens is 442 g/mol. The summed E-state index contributed by atoms with van der Waals surface area (Å²) in [6.07, 6.45) is 0. The lowest BCUT2D eigenvalue weighted by molar-refractivity contribution is 0.0772. The first-order valence-corrected chi connectivity index (χ1v) is 13.2. The first-order chi connectivity index (χ1) is 14.4. The highest BCUT2D eigenvalue weighted by Crippen LogP contribution is 2.28. The molecule has 2 heterocycles. The van der Waals surface area contributed by atoms with Gasteiger partial charge in [-0.15, -0.1) is 11.3 Å². The van der Waals surface area contributed by atoms with Crippen LogP contribution in [0.3, 0.4) is 0 Å². The van der Waals surface area contributed by atoms with Gasteiger partial charge in [0.25, 0.3) is 11.8 Å². The lowest BCUT2D eigenvalue weighted by atomic mass is 10.1. The molecule has 0 radical (unpaired) electrons. The molecule has 1 aliphatic rings. The Kier molecular flexibility index (Phi) is 7.56. The van der Waals surface area contributed by atoms with Crippen molar-refractivity contribution in [3.05, 3.63) is 46.2 Å². The number of anilines is 1. The van der Waals surface area contributed by atoms with E-state index in [2.05, 4.69) is 5.32 Å². The summed E-state index contributed by atoms with van der Waals surface area (Å²) in [5, 5.41) is 4.36. The summed E-state index contributed by atoms with van der Waals surface area (Å²) in [5.74, 6) is 0.886. The number of hydrogen-bond donors (Lipinski definition) is 1. The van der Waals surface area contributed by atoms with Crippen LogP contribution in [0.5, 0.6) is 0 Å². The molecule has 0 bridgehead atoms. The predicted molar refractivity (Wildman–Crippen MR) is 122 cm³/mol. The molecule has 1 aromatic carbocycles. The summed E-state index contributed by atoms with van der Waals surface area (Å²) in [4.78, 5) is 27.3. The largest absolute Gasteiger partial charge is 0.339 e. The van der Waals surface area contributed by atoms with Crippen LogP contribution < -0.4 is 5.32 Å². The third-order valence-corrected chi connectivity index (χ3v) is 8.77. The molecule has 0 atom stereocenters. The van der Waals surface area contributed by atoms with Gasteiger partial charge in [0.1, 0.15) is 9.77 Å². The van der Waals surface area contributed by atoms with Crippen LogP contribution in [0.15, 0.2) is 40.6 Å². The summed E-state index contributed by atoms with van der Waals surface area (Å²) in [6.45, 7) is 5.90. The van der Waals surface area contributed by atoms with E-state index < -0.39 is 15.9 Å². The van der Waals surface area contributed by atoms with Gasteiger partial charge < -0.3 is 10.2 Å². The molecule has 30 heavy (non-hydrogen) atoms. The van der Waals surface area contributed by atoms with E-state index >= 15 is 0 Å². The van der Waals surface area contributed by atoms with E-state index in [-0.39, 0.29) is 15.7 Å². The third-order valence-electron chi connectivity index (χ3n) is 4.84. The van der Waals surface area contributed by atoms with E-state index in [9.17, 15) is 18.0 Å². The van der Waals surface area contributed by atoms with Crippen LogP contribution in [0.25, 0.3) is 0 Å². The van der Waals surface area contributed by atoms with Crippen molar-refractivity contribution in [2.24, 2.45) is 0 Å². The van der Waals surface area contributed by atoms with Gasteiger partial charge in [-0.05, 0) is 43.5 Å².